The van der Waals surface area contributed by atoms with Gasteiger partial charge in [0.2, 0.25) is 0 Å². The molecule has 0 saturated carbocycles. The number of nitrogens with one attached hydrogen (secondary N) is 1. The monoisotopic (exact) mass is 247 g/mol. The van der Waals surface area contributed by atoms with Crippen LogP contribution in [0.3, 0.4) is 0 Å². The molecule has 1 saturated heterocycles. The molecule has 1 aliphatic heterocycles. The summed E-state index contributed by atoms with van der Waals surface area (Å²) >= 11 is 0. The zero-order valence-corrected chi connectivity index (χ0v) is 11.7. The number of hydrogen-bond acceptors (Lipinski definition) is 3. The van der Waals surface area contributed by atoms with Gasteiger partial charge in [0, 0.05) is 25.3 Å². The van der Waals surface area contributed by atoms with E-state index in [4.69, 9.17) is 0 Å². The summed E-state index contributed by atoms with van der Waals surface area (Å²) in [6.45, 7) is 7.64. The van der Waals surface area contributed by atoms with Crippen LogP contribution in [0, 0.1) is 0 Å². The molecule has 18 heavy (non-hydrogen) atoms. The van der Waals surface area contributed by atoms with Crippen LogP contribution in [0.4, 0.5) is 5.82 Å². The SMILES string of the molecule is CCNC(C)c1ccc(N2CCCCCC2)nc1. The van der Waals surface area contributed by atoms with E-state index in [9.17, 15) is 0 Å². The maximum Gasteiger partial charge on any atom is 0.128 e. The highest BCUT2D eigenvalue weighted by atomic mass is 15.2. The normalized spacial score (nSPS) is 18.4. The largest absolute Gasteiger partial charge is 0.357 e. The molecule has 1 aromatic rings. The van der Waals surface area contributed by atoms with Crippen molar-refractivity contribution >= 4 is 5.82 Å². The predicted molar refractivity (Wildman–Crippen MR) is 77.0 cm³/mol. The minimum Gasteiger partial charge on any atom is -0.357 e. The lowest BCUT2D eigenvalue weighted by atomic mass is 10.1. The van der Waals surface area contributed by atoms with E-state index in [-0.39, 0.29) is 0 Å². The molecule has 0 bridgehead atoms. The molecule has 0 radical (unpaired) electrons. The van der Waals surface area contributed by atoms with Crippen LogP contribution in [0.2, 0.25) is 0 Å². The molecule has 0 aromatic carbocycles. The van der Waals surface area contributed by atoms with Crippen LogP contribution in [0.1, 0.15) is 51.1 Å². The van der Waals surface area contributed by atoms with Gasteiger partial charge in [0.25, 0.3) is 0 Å². The van der Waals surface area contributed by atoms with E-state index in [2.05, 4.69) is 41.2 Å². The summed E-state index contributed by atoms with van der Waals surface area (Å²) < 4.78 is 0. The van der Waals surface area contributed by atoms with Crippen molar-refractivity contribution in [2.24, 2.45) is 0 Å². The number of hydrogen-bond donors (Lipinski definition) is 1. The van der Waals surface area contributed by atoms with Crippen LogP contribution in [-0.4, -0.2) is 24.6 Å². The number of anilines is 1. The van der Waals surface area contributed by atoms with E-state index in [0.717, 1.165) is 25.5 Å². The van der Waals surface area contributed by atoms with E-state index in [1.807, 2.05) is 6.20 Å². The van der Waals surface area contributed by atoms with Crippen LogP contribution in [0.5, 0.6) is 0 Å². The second-order valence-corrected chi connectivity index (χ2v) is 5.13. The van der Waals surface area contributed by atoms with E-state index < -0.39 is 0 Å². The Morgan fingerprint density at radius 1 is 1.22 bits per heavy atom. The summed E-state index contributed by atoms with van der Waals surface area (Å²) in [4.78, 5) is 7.06. The topological polar surface area (TPSA) is 28.2 Å². The number of pyridine rings is 1. The number of aromatic nitrogens is 1. The maximum atomic E-state index is 4.63. The van der Waals surface area contributed by atoms with Crippen LogP contribution in [-0.2, 0) is 0 Å². The minimum atomic E-state index is 0.390. The Balaban J connectivity index is 2.01. The van der Waals surface area contributed by atoms with E-state index in [1.165, 1.54) is 31.2 Å². The molecule has 2 rings (SSSR count). The Hall–Kier alpha value is -1.09. The summed E-state index contributed by atoms with van der Waals surface area (Å²) in [7, 11) is 0. The summed E-state index contributed by atoms with van der Waals surface area (Å²) in [5, 5.41) is 3.42. The van der Waals surface area contributed by atoms with Crippen molar-refractivity contribution in [2.75, 3.05) is 24.5 Å². The summed E-state index contributed by atoms with van der Waals surface area (Å²) in [5.41, 5.74) is 1.27. The Labute approximate surface area is 111 Å². The van der Waals surface area contributed by atoms with Gasteiger partial charge in [-0.05, 0) is 37.9 Å². The smallest absolute Gasteiger partial charge is 0.128 e. The Bertz CT molecular complexity index is 339. The highest BCUT2D eigenvalue weighted by Crippen LogP contribution is 2.19. The fraction of sp³-hybridized carbons (Fsp3) is 0.667. The van der Waals surface area contributed by atoms with Crippen molar-refractivity contribution in [1.29, 1.82) is 0 Å². The van der Waals surface area contributed by atoms with Crippen LogP contribution >= 0.6 is 0 Å². The third kappa shape index (κ3) is 3.45. The lowest BCUT2D eigenvalue weighted by Gasteiger charge is -2.22. The molecule has 2 heterocycles. The van der Waals surface area contributed by atoms with E-state index in [1.54, 1.807) is 0 Å². The second-order valence-electron chi connectivity index (χ2n) is 5.13. The molecule has 1 atom stereocenters. The first-order valence-electron chi connectivity index (χ1n) is 7.25. The zero-order valence-electron chi connectivity index (χ0n) is 11.7. The lowest BCUT2D eigenvalue weighted by molar-refractivity contribution is 0.596. The molecular formula is C15H25N3. The third-order valence-electron chi connectivity index (χ3n) is 3.71. The molecule has 1 fully saturated rings. The van der Waals surface area contributed by atoms with Crippen molar-refractivity contribution in [3.05, 3.63) is 23.9 Å². The van der Waals surface area contributed by atoms with Crippen molar-refractivity contribution in [3.63, 3.8) is 0 Å². The standard InChI is InChI=1S/C15H25N3/c1-3-16-13(2)14-8-9-15(17-12-14)18-10-6-4-5-7-11-18/h8-9,12-13,16H,3-7,10-11H2,1-2H3. The molecule has 3 nitrogen and oxygen atoms in total. The Morgan fingerprint density at radius 3 is 2.50 bits per heavy atom. The Morgan fingerprint density at radius 2 is 1.94 bits per heavy atom. The van der Waals surface area contributed by atoms with E-state index in [0.29, 0.717) is 6.04 Å². The number of rotatable bonds is 4. The van der Waals surface area contributed by atoms with Gasteiger partial charge in [-0.25, -0.2) is 4.98 Å². The molecule has 0 spiro atoms. The van der Waals surface area contributed by atoms with Gasteiger partial charge in [0.05, 0.1) is 0 Å². The van der Waals surface area contributed by atoms with Gasteiger partial charge in [-0.15, -0.1) is 0 Å². The molecule has 1 aliphatic rings. The molecular weight excluding hydrogens is 222 g/mol. The third-order valence-corrected chi connectivity index (χ3v) is 3.71. The fourth-order valence-corrected chi connectivity index (χ4v) is 2.56. The molecule has 0 aliphatic carbocycles. The second kappa shape index (κ2) is 6.74. The van der Waals surface area contributed by atoms with Gasteiger partial charge in [-0.2, -0.15) is 0 Å². The first-order chi connectivity index (χ1) is 8.81. The van der Waals surface area contributed by atoms with Crippen molar-refractivity contribution in [1.82, 2.24) is 10.3 Å². The molecule has 1 unspecified atom stereocenters. The molecule has 0 amide bonds. The summed E-state index contributed by atoms with van der Waals surface area (Å²) in [5.74, 6) is 1.14. The quantitative estimate of drug-likeness (QED) is 0.886. The van der Waals surface area contributed by atoms with Crippen molar-refractivity contribution in [3.8, 4) is 0 Å². The van der Waals surface area contributed by atoms with Gasteiger partial charge < -0.3 is 10.2 Å². The lowest BCUT2D eigenvalue weighted by Crippen LogP contribution is -2.25. The molecule has 100 valence electrons. The van der Waals surface area contributed by atoms with Gasteiger partial charge in [-0.3, -0.25) is 0 Å². The molecule has 1 N–H and O–H groups in total. The maximum absolute atomic E-state index is 4.63. The zero-order chi connectivity index (χ0) is 12.8. The van der Waals surface area contributed by atoms with Crippen LogP contribution in [0.25, 0.3) is 0 Å². The minimum absolute atomic E-state index is 0.390. The number of nitrogens with zero attached hydrogens (tertiary/aromatic N) is 2. The highest BCUT2D eigenvalue weighted by Gasteiger charge is 2.11. The van der Waals surface area contributed by atoms with Gasteiger partial charge >= 0.3 is 0 Å². The van der Waals surface area contributed by atoms with Gasteiger partial charge in [0.15, 0.2) is 0 Å². The average Bonchev–Trinajstić information content (AvgIpc) is 2.68. The van der Waals surface area contributed by atoms with Gasteiger partial charge in [0.1, 0.15) is 5.82 Å². The fourth-order valence-electron chi connectivity index (χ4n) is 2.56. The van der Waals surface area contributed by atoms with Crippen molar-refractivity contribution < 1.29 is 0 Å². The van der Waals surface area contributed by atoms with E-state index >= 15 is 0 Å². The highest BCUT2D eigenvalue weighted by molar-refractivity contribution is 5.39. The Kier molecular flexibility index (Phi) is 5.00. The van der Waals surface area contributed by atoms with Gasteiger partial charge in [-0.1, -0.05) is 25.8 Å². The first-order valence-corrected chi connectivity index (χ1v) is 7.25. The van der Waals surface area contributed by atoms with Crippen molar-refractivity contribution in [2.45, 2.75) is 45.6 Å². The average molecular weight is 247 g/mol. The molecule has 1 aromatic heterocycles. The summed E-state index contributed by atoms with van der Waals surface area (Å²) in [6, 6.07) is 4.77. The first kappa shape index (κ1) is 13.3. The molecule has 3 heteroatoms. The summed E-state index contributed by atoms with van der Waals surface area (Å²) in [6.07, 6.45) is 7.36. The van der Waals surface area contributed by atoms with Crippen LogP contribution < -0.4 is 10.2 Å². The van der Waals surface area contributed by atoms with Crippen LogP contribution in [0.15, 0.2) is 18.3 Å². The predicted octanol–water partition coefficient (Wildman–Crippen LogP) is 3.13.